The van der Waals surface area contributed by atoms with Crippen LogP contribution in [-0.4, -0.2) is 23.5 Å². The van der Waals surface area contributed by atoms with Gasteiger partial charge in [-0.2, -0.15) is 0 Å². The van der Waals surface area contributed by atoms with Gasteiger partial charge < -0.3 is 5.32 Å². The number of fused-ring (bicyclic) bond motifs is 1. The number of hydrogen-bond donors (Lipinski definition) is 2. The Morgan fingerprint density at radius 2 is 1.89 bits per heavy atom. The highest BCUT2D eigenvalue weighted by molar-refractivity contribution is 5.87. The van der Waals surface area contributed by atoms with Gasteiger partial charge in [-0.05, 0) is 26.2 Å². The minimum atomic E-state index is -0.327. The maximum atomic E-state index is 12.3. The molecule has 1 saturated heterocycles. The quantitative estimate of drug-likeness (QED) is 0.739. The van der Waals surface area contributed by atoms with Crippen LogP contribution in [0.15, 0.2) is 0 Å². The van der Waals surface area contributed by atoms with Gasteiger partial charge in [0, 0.05) is 12.1 Å². The minimum Gasteiger partial charge on any atom is -0.350 e. The lowest BCUT2D eigenvalue weighted by Gasteiger charge is -2.46. The highest BCUT2D eigenvalue weighted by atomic mass is 16.2. The number of nitrogens with one attached hydrogen (secondary N) is 2. The van der Waals surface area contributed by atoms with Crippen LogP contribution in [-0.2, 0) is 4.79 Å². The Morgan fingerprint density at radius 3 is 2.61 bits per heavy atom. The molecule has 0 spiro atoms. The second-order valence-corrected chi connectivity index (χ2v) is 6.26. The molecule has 0 bridgehead atoms. The molecule has 18 heavy (non-hydrogen) atoms. The van der Waals surface area contributed by atoms with Crippen LogP contribution in [0.3, 0.4) is 0 Å². The van der Waals surface area contributed by atoms with Gasteiger partial charge in [-0.25, -0.2) is 0 Å². The first-order valence-corrected chi connectivity index (χ1v) is 7.74. The van der Waals surface area contributed by atoms with Gasteiger partial charge in [-0.1, -0.05) is 45.4 Å². The number of carbonyl (C=O) groups excluding carboxylic acids is 1. The number of amides is 1. The van der Waals surface area contributed by atoms with Crippen molar-refractivity contribution in [2.75, 3.05) is 0 Å². The zero-order valence-corrected chi connectivity index (χ0v) is 11.9. The summed E-state index contributed by atoms with van der Waals surface area (Å²) in [5.41, 5.74) is -0.327. The van der Waals surface area contributed by atoms with Crippen molar-refractivity contribution in [3.8, 4) is 0 Å². The van der Waals surface area contributed by atoms with Crippen LogP contribution >= 0.6 is 0 Å². The summed E-state index contributed by atoms with van der Waals surface area (Å²) < 4.78 is 0. The predicted octanol–water partition coefficient (Wildman–Crippen LogP) is 2.75. The van der Waals surface area contributed by atoms with Crippen molar-refractivity contribution in [1.82, 2.24) is 10.6 Å². The van der Waals surface area contributed by atoms with E-state index >= 15 is 0 Å². The van der Waals surface area contributed by atoms with Gasteiger partial charge in [-0.15, -0.1) is 0 Å². The lowest BCUT2D eigenvalue weighted by molar-refractivity contribution is -0.132. The van der Waals surface area contributed by atoms with Gasteiger partial charge in [0.15, 0.2) is 0 Å². The maximum Gasteiger partial charge on any atom is 0.240 e. The van der Waals surface area contributed by atoms with E-state index in [1.54, 1.807) is 0 Å². The highest BCUT2D eigenvalue weighted by Gasteiger charge is 2.43. The molecular formula is C15H28N2O. The summed E-state index contributed by atoms with van der Waals surface area (Å²) >= 11 is 0. The van der Waals surface area contributed by atoms with Crippen LogP contribution in [0.25, 0.3) is 0 Å². The minimum absolute atomic E-state index is 0.224. The van der Waals surface area contributed by atoms with Crippen LogP contribution in [0.4, 0.5) is 0 Å². The summed E-state index contributed by atoms with van der Waals surface area (Å²) in [5, 5.41) is 6.89. The van der Waals surface area contributed by atoms with E-state index in [4.69, 9.17) is 0 Å². The Hall–Kier alpha value is -0.570. The van der Waals surface area contributed by atoms with E-state index in [2.05, 4.69) is 24.5 Å². The largest absolute Gasteiger partial charge is 0.350 e. The number of unbranched alkanes of at least 4 members (excludes halogenated alkanes) is 3. The molecule has 3 atom stereocenters. The molecule has 2 rings (SSSR count). The van der Waals surface area contributed by atoms with Crippen molar-refractivity contribution >= 4 is 5.91 Å². The monoisotopic (exact) mass is 252 g/mol. The lowest BCUT2D eigenvalue weighted by atomic mass is 9.82. The van der Waals surface area contributed by atoms with Crippen LogP contribution in [0.1, 0.15) is 71.6 Å². The standard InChI is InChI=1S/C15H28N2O/c1-3-4-5-8-11-15(2)14(18)16-12-9-6-7-10-13(12)17-15/h12-13,17H,3-11H2,1-2H3,(H,16,18)/t12-,13+,15?/m0/s1. The molecule has 0 radical (unpaired) electrons. The zero-order chi connectivity index (χ0) is 13.0. The van der Waals surface area contributed by atoms with Crippen molar-refractivity contribution in [1.29, 1.82) is 0 Å². The first kappa shape index (κ1) is 13.9. The van der Waals surface area contributed by atoms with Crippen molar-refractivity contribution in [2.45, 2.75) is 89.3 Å². The van der Waals surface area contributed by atoms with E-state index in [9.17, 15) is 4.79 Å². The average molecular weight is 252 g/mol. The first-order chi connectivity index (χ1) is 8.65. The molecule has 1 amide bonds. The first-order valence-electron chi connectivity index (χ1n) is 7.74. The van der Waals surface area contributed by atoms with Crippen molar-refractivity contribution in [2.24, 2.45) is 0 Å². The van der Waals surface area contributed by atoms with Crippen LogP contribution in [0.5, 0.6) is 0 Å². The molecule has 2 N–H and O–H groups in total. The molecule has 104 valence electrons. The van der Waals surface area contributed by atoms with Crippen LogP contribution in [0, 0.1) is 0 Å². The van der Waals surface area contributed by atoms with Crippen molar-refractivity contribution in [3.05, 3.63) is 0 Å². The third-order valence-electron chi connectivity index (χ3n) is 4.62. The molecular weight excluding hydrogens is 224 g/mol. The summed E-state index contributed by atoms with van der Waals surface area (Å²) in [6.07, 6.45) is 10.8. The number of carbonyl (C=O) groups is 1. The molecule has 3 nitrogen and oxygen atoms in total. The van der Waals surface area contributed by atoms with Crippen LogP contribution < -0.4 is 10.6 Å². The highest BCUT2D eigenvalue weighted by Crippen LogP contribution is 2.27. The fraction of sp³-hybridized carbons (Fsp3) is 0.933. The number of hydrogen-bond acceptors (Lipinski definition) is 2. The fourth-order valence-electron chi connectivity index (χ4n) is 3.37. The summed E-state index contributed by atoms with van der Waals surface area (Å²) in [5.74, 6) is 0.224. The van der Waals surface area contributed by atoms with Gasteiger partial charge >= 0.3 is 0 Å². The lowest BCUT2D eigenvalue weighted by Crippen LogP contribution is -2.70. The summed E-state index contributed by atoms with van der Waals surface area (Å²) in [4.78, 5) is 12.3. The Labute approximate surface area is 111 Å². The zero-order valence-electron chi connectivity index (χ0n) is 11.9. The Balaban J connectivity index is 1.88. The van der Waals surface area contributed by atoms with Crippen LogP contribution in [0.2, 0.25) is 0 Å². The van der Waals surface area contributed by atoms with Crippen molar-refractivity contribution < 1.29 is 4.79 Å². The van der Waals surface area contributed by atoms with E-state index in [-0.39, 0.29) is 11.4 Å². The van der Waals surface area contributed by atoms with E-state index in [0.717, 1.165) is 19.3 Å². The molecule has 2 fully saturated rings. The molecule has 0 aromatic heterocycles. The molecule has 1 heterocycles. The smallest absolute Gasteiger partial charge is 0.240 e. The van der Waals surface area contributed by atoms with E-state index in [1.807, 2.05) is 0 Å². The van der Waals surface area contributed by atoms with E-state index in [0.29, 0.717) is 12.1 Å². The molecule has 1 saturated carbocycles. The predicted molar refractivity (Wildman–Crippen MR) is 74.5 cm³/mol. The Bertz CT molecular complexity index is 292. The van der Waals surface area contributed by atoms with Gasteiger partial charge in [-0.3, -0.25) is 10.1 Å². The third kappa shape index (κ3) is 3.05. The van der Waals surface area contributed by atoms with Gasteiger partial charge in [0.2, 0.25) is 5.91 Å². The number of piperazine rings is 1. The van der Waals surface area contributed by atoms with Gasteiger partial charge in [0.25, 0.3) is 0 Å². The van der Waals surface area contributed by atoms with Gasteiger partial charge in [0.1, 0.15) is 0 Å². The summed E-state index contributed by atoms with van der Waals surface area (Å²) in [7, 11) is 0. The second kappa shape index (κ2) is 6.05. The maximum absolute atomic E-state index is 12.3. The molecule has 1 aliphatic heterocycles. The third-order valence-corrected chi connectivity index (χ3v) is 4.62. The second-order valence-electron chi connectivity index (χ2n) is 6.26. The topological polar surface area (TPSA) is 41.1 Å². The van der Waals surface area contributed by atoms with Crippen molar-refractivity contribution in [3.63, 3.8) is 0 Å². The SMILES string of the molecule is CCCCCCC1(C)N[C@@H]2CCCC[C@@H]2NC1=O. The van der Waals surface area contributed by atoms with E-state index < -0.39 is 0 Å². The Morgan fingerprint density at radius 1 is 1.17 bits per heavy atom. The molecule has 1 unspecified atom stereocenters. The average Bonchev–Trinajstić information content (AvgIpc) is 2.36. The molecule has 3 heteroatoms. The summed E-state index contributed by atoms with van der Waals surface area (Å²) in [6.45, 7) is 4.30. The molecule has 0 aromatic carbocycles. The molecule has 1 aliphatic carbocycles. The molecule has 2 aliphatic rings. The normalized spacial score (nSPS) is 36.0. The number of rotatable bonds is 5. The van der Waals surface area contributed by atoms with Gasteiger partial charge in [0.05, 0.1) is 5.54 Å². The summed E-state index contributed by atoms with van der Waals surface area (Å²) in [6, 6.07) is 0.891. The van der Waals surface area contributed by atoms with E-state index in [1.165, 1.54) is 38.5 Å². The fourth-order valence-corrected chi connectivity index (χ4v) is 3.37. The molecule has 0 aromatic rings. The Kier molecular flexibility index (Phi) is 4.66.